The van der Waals surface area contributed by atoms with Crippen LogP contribution in [0.2, 0.25) is 0 Å². The molecule has 2 aliphatic rings. The van der Waals surface area contributed by atoms with Gasteiger partial charge in [0.2, 0.25) is 0 Å². The van der Waals surface area contributed by atoms with E-state index in [0.29, 0.717) is 17.6 Å². The lowest BCUT2D eigenvalue weighted by Gasteiger charge is -2.39. The fourth-order valence-electron chi connectivity index (χ4n) is 4.15. The molecule has 0 spiro atoms. The molecule has 126 valence electrons. The highest BCUT2D eigenvalue weighted by Crippen LogP contribution is 2.39. The van der Waals surface area contributed by atoms with Crippen LogP contribution in [0.15, 0.2) is 24.3 Å². The van der Waals surface area contributed by atoms with E-state index >= 15 is 0 Å². The molecule has 5 heteroatoms. The molecular formula is C18H23FINO2. The van der Waals surface area contributed by atoms with E-state index in [-0.39, 0.29) is 12.4 Å². The summed E-state index contributed by atoms with van der Waals surface area (Å²) in [5.41, 5.74) is 0.642. The smallest absolute Gasteiger partial charge is 0.323 e. The quantitative estimate of drug-likeness (QED) is 0.516. The Kier molecular flexibility index (Phi) is 5.57. The van der Waals surface area contributed by atoms with Crippen molar-refractivity contribution in [1.29, 1.82) is 0 Å². The van der Waals surface area contributed by atoms with Crippen LogP contribution in [0.3, 0.4) is 0 Å². The van der Waals surface area contributed by atoms with Crippen molar-refractivity contribution in [3.8, 4) is 0 Å². The zero-order chi connectivity index (χ0) is 16.4. The average Bonchev–Trinajstić information content (AvgIpc) is 2.80. The fourth-order valence-corrected chi connectivity index (χ4v) is 4.50. The van der Waals surface area contributed by atoms with Gasteiger partial charge in [-0.3, -0.25) is 9.69 Å². The third-order valence-corrected chi connectivity index (χ3v) is 5.97. The molecule has 4 atom stereocenters. The SMILES string of the molecule is COC(=O)C(CC(F)c1ccc(I)cc1)N1C2CCCC1CC2. The number of hydrogen-bond acceptors (Lipinski definition) is 3. The highest BCUT2D eigenvalue weighted by atomic mass is 127. The molecule has 2 heterocycles. The summed E-state index contributed by atoms with van der Waals surface area (Å²) >= 11 is 2.21. The van der Waals surface area contributed by atoms with Gasteiger partial charge in [-0.15, -0.1) is 0 Å². The van der Waals surface area contributed by atoms with E-state index in [0.717, 1.165) is 29.3 Å². The van der Waals surface area contributed by atoms with Crippen LogP contribution in [0.4, 0.5) is 4.39 Å². The molecule has 3 rings (SSSR count). The van der Waals surface area contributed by atoms with Crippen molar-refractivity contribution in [1.82, 2.24) is 4.90 Å². The number of nitrogens with zero attached hydrogens (tertiary/aromatic N) is 1. The molecule has 0 saturated carbocycles. The van der Waals surface area contributed by atoms with Crippen LogP contribution in [0.1, 0.15) is 50.3 Å². The number of ether oxygens (including phenoxy) is 1. The lowest BCUT2D eigenvalue weighted by molar-refractivity contribution is -0.150. The number of hydrogen-bond donors (Lipinski definition) is 0. The van der Waals surface area contributed by atoms with Crippen LogP contribution in [-0.2, 0) is 9.53 Å². The van der Waals surface area contributed by atoms with Crippen molar-refractivity contribution in [2.24, 2.45) is 0 Å². The van der Waals surface area contributed by atoms with Crippen molar-refractivity contribution in [2.75, 3.05) is 7.11 Å². The Morgan fingerprint density at radius 3 is 2.43 bits per heavy atom. The molecule has 2 bridgehead atoms. The van der Waals surface area contributed by atoms with Crippen molar-refractivity contribution >= 4 is 28.6 Å². The van der Waals surface area contributed by atoms with Crippen LogP contribution >= 0.6 is 22.6 Å². The van der Waals surface area contributed by atoms with Gasteiger partial charge in [0.25, 0.3) is 0 Å². The van der Waals surface area contributed by atoms with Crippen LogP contribution in [0.5, 0.6) is 0 Å². The second-order valence-electron chi connectivity index (χ2n) is 6.56. The number of esters is 1. The third kappa shape index (κ3) is 3.71. The summed E-state index contributed by atoms with van der Waals surface area (Å²) in [4.78, 5) is 14.6. The molecule has 1 aromatic rings. The lowest BCUT2D eigenvalue weighted by Crippen LogP contribution is -2.51. The Morgan fingerprint density at radius 1 is 1.26 bits per heavy atom. The van der Waals surface area contributed by atoms with E-state index in [1.54, 1.807) is 0 Å². The topological polar surface area (TPSA) is 29.5 Å². The molecule has 2 aliphatic heterocycles. The van der Waals surface area contributed by atoms with Crippen molar-refractivity contribution in [3.05, 3.63) is 33.4 Å². The molecule has 0 amide bonds. The maximum Gasteiger partial charge on any atom is 0.323 e. The summed E-state index contributed by atoms with van der Waals surface area (Å²) in [7, 11) is 1.40. The molecular weight excluding hydrogens is 408 g/mol. The predicted molar refractivity (Wildman–Crippen MR) is 95.9 cm³/mol. The second kappa shape index (κ2) is 7.47. The van der Waals surface area contributed by atoms with Gasteiger partial charge in [-0.05, 0) is 66.0 Å². The number of alkyl halides is 1. The molecule has 2 fully saturated rings. The van der Waals surface area contributed by atoms with Gasteiger partial charge in [-0.25, -0.2) is 4.39 Å². The number of fused-ring (bicyclic) bond motifs is 2. The van der Waals surface area contributed by atoms with Gasteiger partial charge in [0.1, 0.15) is 12.2 Å². The van der Waals surface area contributed by atoms with Gasteiger partial charge in [-0.2, -0.15) is 0 Å². The summed E-state index contributed by atoms with van der Waals surface area (Å²) in [6.07, 6.45) is 4.74. The van der Waals surface area contributed by atoms with E-state index in [1.165, 1.54) is 13.5 Å². The van der Waals surface area contributed by atoms with Crippen LogP contribution in [0, 0.1) is 3.57 Å². The predicted octanol–water partition coefficient (Wildman–Crippen LogP) is 4.25. The van der Waals surface area contributed by atoms with Crippen LogP contribution in [0.25, 0.3) is 0 Å². The molecule has 23 heavy (non-hydrogen) atoms. The molecule has 0 N–H and O–H groups in total. The average molecular weight is 431 g/mol. The van der Waals surface area contributed by atoms with E-state index in [4.69, 9.17) is 4.74 Å². The highest BCUT2D eigenvalue weighted by Gasteiger charge is 2.44. The minimum Gasteiger partial charge on any atom is -0.468 e. The Labute approximate surface area is 150 Å². The van der Waals surface area contributed by atoms with E-state index < -0.39 is 12.2 Å². The fraction of sp³-hybridized carbons (Fsp3) is 0.611. The standard InChI is InChI=1S/C18H23FINO2/c1-23-18(22)17(21-14-3-2-4-15(21)10-9-14)11-16(19)12-5-7-13(20)8-6-12/h5-8,14-17H,2-4,9-11H2,1H3. The number of carbonyl (C=O) groups excluding carboxylic acids is 1. The molecule has 1 aromatic carbocycles. The van der Waals surface area contributed by atoms with Gasteiger partial charge in [0, 0.05) is 22.1 Å². The van der Waals surface area contributed by atoms with Crippen LogP contribution in [-0.4, -0.2) is 36.1 Å². The van der Waals surface area contributed by atoms with Crippen molar-refractivity contribution < 1.29 is 13.9 Å². The van der Waals surface area contributed by atoms with E-state index in [9.17, 15) is 9.18 Å². The maximum atomic E-state index is 14.8. The summed E-state index contributed by atoms with van der Waals surface area (Å²) < 4.78 is 20.9. The second-order valence-corrected chi connectivity index (χ2v) is 7.80. The molecule has 4 unspecified atom stereocenters. The lowest BCUT2D eigenvalue weighted by atomic mass is 9.96. The number of methoxy groups -OCH3 is 1. The van der Waals surface area contributed by atoms with Crippen molar-refractivity contribution in [2.45, 2.75) is 62.8 Å². The summed E-state index contributed by atoms with van der Waals surface area (Å²) in [5.74, 6) is -0.294. The normalized spacial score (nSPS) is 26.7. The van der Waals surface area contributed by atoms with Gasteiger partial charge >= 0.3 is 5.97 Å². The van der Waals surface area contributed by atoms with E-state index in [1.807, 2.05) is 24.3 Å². The Bertz CT molecular complexity index is 534. The molecule has 2 saturated heterocycles. The van der Waals surface area contributed by atoms with Gasteiger partial charge < -0.3 is 4.74 Å². The number of halogens is 2. The first-order valence-electron chi connectivity index (χ1n) is 8.35. The minimum absolute atomic E-state index is 0.181. The monoisotopic (exact) mass is 431 g/mol. The number of benzene rings is 1. The molecule has 0 aromatic heterocycles. The molecule has 0 aliphatic carbocycles. The zero-order valence-electron chi connectivity index (χ0n) is 13.4. The first-order valence-corrected chi connectivity index (χ1v) is 9.43. The Morgan fingerprint density at radius 2 is 1.87 bits per heavy atom. The van der Waals surface area contributed by atoms with Crippen LogP contribution < -0.4 is 0 Å². The molecule has 3 nitrogen and oxygen atoms in total. The maximum absolute atomic E-state index is 14.8. The molecule has 0 radical (unpaired) electrons. The number of carbonyl (C=O) groups is 1. The summed E-state index contributed by atoms with van der Waals surface area (Å²) in [5, 5.41) is 0. The van der Waals surface area contributed by atoms with E-state index in [2.05, 4.69) is 27.5 Å². The number of rotatable bonds is 5. The third-order valence-electron chi connectivity index (χ3n) is 5.25. The summed E-state index contributed by atoms with van der Waals surface area (Å²) in [6, 6.07) is 7.80. The van der Waals surface area contributed by atoms with Gasteiger partial charge in [0.05, 0.1) is 7.11 Å². The van der Waals surface area contributed by atoms with Crippen molar-refractivity contribution in [3.63, 3.8) is 0 Å². The Hall–Kier alpha value is -0.690. The zero-order valence-corrected chi connectivity index (χ0v) is 15.5. The largest absolute Gasteiger partial charge is 0.468 e. The van der Waals surface area contributed by atoms with Gasteiger partial charge in [-0.1, -0.05) is 18.6 Å². The number of piperidine rings is 1. The first kappa shape index (κ1) is 17.1. The highest BCUT2D eigenvalue weighted by molar-refractivity contribution is 14.1. The Balaban J connectivity index is 1.77. The van der Waals surface area contributed by atoms with Gasteiger partial charge in [0.15, 0.2) is 0 Å². The summed E-state index contributed by atoms with van der Waals surface area (Å²) in [6.45, 7) is 0. The minimum atomic E-state index is -1.14. The first-order chi connectivity index (χ1) is 11.1.